The number of hydrogen-bond acceptors (Lipinski definition) is 15. The summed E-state index contributed by atoms with van der Waals surface area (Å²) in [6.45, 7) is 10.3. The number of nitrogen functional groups attached to an aromatic ring is 1. The molecule has 0 unspecified atom stereocenters. The Morgan fingerprint density at radius 2 is 1.37 bits per heavy atom. The van der Waals surface area contributed by atoms with Gasteiger partial charge in [-0.25, -0.2) is 33.3 Å². The molecular weight excluding hydrogens is 729 g/mol. The van der Waals surface area contributed by atoms with Crippen molar-refractivity contribution in [3.05, 3.63) is 66.7 Å². The van der Waals surface area contributed by atoms with Crippen molar-refractivity contribution in [2.75, 3.05) is 85.4 Å². The second-order valence-electron chi connectivity index (χ2n) is 13.8. The first-order valence-corrected chi connectivity index (χ1v) is 22.1. The molecule has 18 heteroatoms. The molecule has 3 N–H and O–H groups in total. The third-order valence-electron chi connectivity index (χ3n) is 8.50. The lowest BCUT2D eigenvalue weighted by Crippen LogP contribution is -2.43. The maximum Gasteiger partial charge on any atom is 0.165 e. The summed E-state index contributed by atoms with van der Waals surface area (Å²) in [6.07, 6.45) is 9.79. The second kappa shape index (κ2) is 16.2. The third kappa shape index (κ3) is 9.79. The highest BCUT2D eigenvalue weighted by atomic mass is 32.2. The molecule has 0 spiro atoms. The van der Waals surface area contributed by atoms with Gasteiger partial charge in [0.05, 0.1) is 32.1 Å². The number of anilines is 5. The SMILES string of the molecule is C[C@@H]1COCCN1c1cc(N=S(C)(C)=O)nc(Nc2ncccc2N)c1.Cc1nc2cccnc2n1-c1cc(N2CCOC[C@H]2C)cc(N=S(C)(C)=O)n1. The zero-order valence-corrected chi connectivity index (χ0v) is 33.3. The van der Waals surface area contributed by atoms with Crippen LogP contribution in [0.1, 0.15) is 19.7 Å². The number of nitrogens with two attached hydrogens (primary N) is 1. The summed E-state index contributed by atoms with van der Waals surface area (Å²) in [6, 6.07) is 15.4. The van der Waals surface area contributed by atoms with Gasteiger partial charge in [0, 0.05) is 118 Å². The van der Waals surface area contributed by atoms with E-state index in [-0.39, 0.29) is 12.1 Å². The summed E-state index contributed by atoms with van der Waals surface area (Å²) >= 11 is 0. The molecule has 2 aliphatic rings. The molecule has 2 atom stereocenters. The smallest absolute Gasteiger partial charge is 0.165 e. The largest absolute Gasteiger partial charge is 0.396 e. The molecule has 7 rings (SSSR count). The number of pyridine rings is 4. The van der Waals surface area contributed by atoms with E-state index in [0.717, 1.165) is 41.5 Å². The number of nitrogens with one attached hydrogen (secondary N) is 1. The van der Waals surface area contributed by atoms with Gasteiger partial charge in [0.1, 0.15) is 23.0 Å². The highest BCUT2D eigenvalue weighted by molar-refractivity contribution is 7.92. The fourth-order valence-corrected chi connectivity index (χ4v) is 7.30. The van der Waals surface area contributed by atoms with Crippen molar-refractivity contribution in [1.82, 2.24) is 29.5 Å². The lowest BCUT2D eigenvalue weighted by atomic mass is 10.2. The maximum atomic E-state index is 12.3. The van der Waals surface area contributed by atoms with Gasteiger partial charge in [0.15, 0.2) is 23.1 Å². The van der Waals surface area contributed by atoms with Gasteiger partial charge in [-0.05, 0) is 45.0 Å². The van der Waals surface area contributed by atoms with Crippen LogP contribution in [0.15, 0.2) is 69.7 Å². The van der Waals surface area contributed by atoms with Crippen molar-refractivity contribution in [2.24, 2.45) is 8.73 Å². The van der Waals surface area contributed by atoms with Gasteiger partial charge < -0.3 is 30.3 Å². The molecule has 2 fully saturated rings. The number of ether oxygens (including phenoxy) is 2. The number of fused-ring (bicyclic) bond motifs is 1. The normalized spacial score (nSPS) is 17.8. The van der Waals surface area contributed by atoms with Crippen LogP contribution in [0.3, 0.4) is 0 Å². The first kappa shape index (κ1) is 38.8. The molecule has 2 aliphatic heterocycles. The molecular formula is C36H48N12O4S2. The quantitative estimate of drug-likeness (QED) is 0.222. The van der Waals surface area contributed by atoms with Crippen LogP contribution in [0.25, 0.3) is 17.0 Å². The van der Waals surface area contributed by atoms with E-state index in [0.29, 0.717) is 61.2 Å². The van der Waals surface area contributed by atoms with E-state index >= 15 is 0 Å². The lowest BCUT2D eigenvalue weighted by Gasteiger charge is -2.35. The minimum Gasteiger partial charge on any atom is -0.396 e. The highest BCUT2D eigenvalue weighted by Gasteiger charge is 2.23. The Labute approximate surface area is 316 Å². The van der Waals surface area contributed by atoms with Gasteiger partial charge in [-0.2, -0.15) is 8.73 Å². The average molecular weight is 777 g/mol. The predicted molar refractivity (Wildman–Crippen MR) is 217 cm³/mol. The van der Waals surface area contributed by atoms with Crippen LogP contribution < -0.4 is 20.9 Å². The van der Waals surface area contributed by atoms with Crippen LogP contribution in [-0.4, -0.2) is 115 Å². The molecule has 0 aromatic carbocycles. The van der Waals surface area contributed by atoms with E-state index in [1.807, 2.05) is 47.9 Å². The summed E-state index contributed by atoms with van der Waals surface area (Å²) in [7, 11) is -4.68. The van der Waals surface area contributed by atoms with Crippen LogP contribution in [0.4, 0.5) is 40.3 Å². The first-order valence-electron chi connectivity index (χ1n) is 17.5. The number of aryl methyl sites for hydroxylation is 1. The van der Waals surface area contributed by atoms with E-state index in [2.05, 4.69) is 62.6 Å². The Morgan fingerprint density at radius 3 is 1.96 bits per heavy atom. The molecule has 288 valence electrons. The second-order valence-corrected chi connectivity index (χ2v) is 18.9. The fraction of sp³-hybridized carbons (Fsp3) is 0.417. The van der Waals surface area contributed by atoms with E-state index in [4.69, 9.17) is 15.2 Å². The van der Waals surface area contributed by atoms with Crippen LogP contribution in [0.2, 0.25) is 0 Å². The van der Waals surface area contributed by atoms with Gasteiger partial charge in [0.2, 0.25) is 0 Å². The maximum absolute atomic E-state index is 12.3. The lowest BCUT2D eigenvalue weighted by molar-refractivity contribution is 0.0989. The van der Waals surface area contributed by atoms with Crippen molar-refractivity contribution in [1.29, 1.82) is 0 Å². The standard InChI is InChI=1S/C19H24N6O2S.C17H24N6O2S/c1-13-12-27-9-8-24(13)15-10-17(23-28(3,4)26)22-18(11-15)25-14(2)21-16-6-5-7-20-19(16)25;1-12-11-25-8-7-23(12)13-9-15(20-16(10-13)22-26(2,3)24)21-17-14(18)5-4-6-19-17/h5-7,10-11,13H,8-9,12H2,1-4H3;4-6,9-10,12H,7-8,11,18H2,1-3H3,(H,19,20,21)/t13-;12-/m11/s1. The molecule has 0 bridgehead atoms. The van der Waals surface area contributed by atoms with E-state index in [9.17, 15) is 8.42 Å². The third-order valence-corrected chi connectivity index (χ3v) is 9.76. The number of hydrogen-bond donors (Lipinski definition) is 2. The predicted octanol–water partition coefficient (Wildman–Crippen LogP) is 5.09. The molecule has 54 heavy (non-hydrogen) atoms. The minimum atomic E-state index is -2.35. The Bertz CT molecular complexity index is 2370. The number of morpholine rings is 2. The van der Waals surface area contributed by atoms with Crippen LogP contribution in [0.5, 0.6) is 0 Å². The molecule has 2 saturated heterocycles. The highest BCUT2D eigenvalue weighted by Crippen LogP contribution is 2.31. The van der Waals surface area contributed by atoms with Crippen LogP contribution in [0, 0.1) is 6.92 Å². The minimum absolute atomic E-state index is 0.222. The average Bonchev–Trinajstić information content (AvgIpc) is 3.44. The van der Waals surface area contributed by atoms with Crippen LogP contribution >= 0.6 is 0 Å². The number of rotatable bonds is 7. The molecule has 0 radical (unpaired) electrons. The topological polar surface area (TPSA) is 191 Å². The number of imidazole rings is 1. The van der Waals surface area contributed by atoms with E-state index < -0.39 is 19.5 Å². The van der Waals surface area contributed by atoms with Gasteiger partial charge >= 0.3 is 0 Å². The monoisotopic (exact) mass is 776 g/mol. The Hall–Kier alpha value is -4.91. The Balaban J connectivity index is 0.000000185. The molecule has 5 aromatic rings. The van der Waals surface area contributed by atoms with Crippen molar-refractivity contribution >= 4 is 71.0 Å². The van der Waals surface area contributed by atoms with Crippen molar-refractivity contribution in [3.63, 3.8) is 0 Å². The fourth-order valence-electron chi connectivity index (χ4n) is 6.21. The molecule has 0 amide bonds. The summed E-state index contributed by atoms with van der Waals surface area (Å²) < 4.78 is 46.1. The van der Waals surface area contributed by atoms with Gasteiger partial charge in [-0.1, -0.05) is 0 Å². The van der Waals surface area contributed by atoms with Crippen molar-refractivity contribution in [3.8, 4) is 5.82 Å². The summed E-state index contributed by atoms with van der Waals surface area (Å²) in [5, 5.41) is 3.13. The van der Waals surface area contributed by atoms with E-state index in [1.165, 1.54) is 0 Å². The van der Waals surface area contributed by atoms with Crippen molar-refractivity contribution in [2.45, 2.75) is 32.9 Å². The summed E-state index contributed by atoms with van der Waals surface area (Å²) in [5.74, 6) is 3.37. The molecule has 0 saturated carbocycles. The molecule has 5 aromatic heterocycles. The van der Waals surface area contributed by atoms with Gasteiger partial charge in [-0.3, -0.25) is 4.57 Å². The van der Waals surface area contributed by atoms with Crippen molar-refractivity contribution < 1.29 is 17.9 Å². The Kier molecular flexibility index (Phi) is 11.7. The van der Waals surface area contributed by atoms with E-state index in [1.54, 1.807) is 49.5 Å². The zero-order valence-electron chi connectivity index (χ0n) is 31.7. The molecule has 0 aliphatic carbocycles. The van der Waals surface area contributed by atoms with Gasteiger partial charge in [0.25, 0.3) is 0 Å². The summed E-state index contributed by atoms with van der Waals surface area (Å²) in [4.78, 5) is 26.9. The Morgan fingerprint density at radius 1 is 0.796 bits per heavy atom. The zero-order chi connectivity index (χ0) is 38.6. The summed E-state index contributed by atoms with van der Waals surface area (Å²) in [5.41, 5.74) is 9.94. The number of aromatic nitrogens is 6. The number of nitrogens with zero attached hydrogens (tertiary/aromatic N) is 10. The molecule has 7 heterocycles. The van der Waals surface area contributed by atoms with Crippen LogP contribution in [-0.2, 0) is 28.9 Å². The van der Waals surface area contributed by atoms with Gasteiger partial charge in [-0.15, -0.1) is 0 Å². The molecule has 16 nitrogen and oxygen atoms in total. The first-order chi connectivity index (χ1) is 25.6.